The lowest BCUT2D eigenvalue weighted by molar-refractivity contribution is 0.312. The molecule has 4 heteroatoms. The summed E-state index contributed by atoms with van der Waals surface area (Å²) < 4.78 is 5.78. The molecule has 0 aliphatic carbocycles. The van der Waals surface area contributed by atoms with Crippen LogP contribution in [0.1, 0.15) is 33.1 Å². The molecule has 1 aliphatic heterocycles. The summed E-state index contributed by atoms with van der Waals surface area (Å²) in [6.45, 7) is 7.01. The summed E-state index contributed by atoms with van der Waals surface area (Å²) >= 11 is 0. The molecule has 1 unspecified atom stereocenters. The fourth-order valence-corrected chi connectivity index (χ4v) is 2.58. The van der Waals surface area contributed by atoms with Gasteiger partial charge in [0.2, 0.25) is 0 Å². The van der Waals surface area contributed by atoms with E-state index in [1.165, 1.54) is 0 Å². The van der Waals surface area contributed by atoms with Crippen molar-refractivity contribution < 1.29 is 4.74 Å². The van der Waals surface area contributed by atoms with E-state index in [1.54, 1.807) is 0 Å². The van der Waals surface area contributed by atoms with Crippen LogP contribution in [0.2, 0.25) is 0 Å². The van der Waals surface area contributed by atoms with Gasteiger partial charge in [0.15, 0.2) is 11.6 Å². The van der Waals surface area contributed by atoms with E-state index in [0.29, 0.717) is 12.0 Å². The van der Waals surface area contributed by atoms with Gasteiger partial charge in [-0.05, 0) is 44.2 Å². The highest BCUT2D eigenvalue weighted by Crippen LogP contribution is 2.30. The second-order valence-corrected chi connectivity index (χ2v) is 5.36. The number of ether oxygens (including phenoxy) is 1. The number of nitrogens with two attached hydrogens (primary N) is 1. The highest BCUT2D eigenvalue weighted by atomic mass is 16.5. The predicted octanol–water partition coefficient (Wildman–Crippen LogP) is 2.43. The number of nitrogens with zero attached hydrogens (tertiary/aromatic N) is 2. The van der Waals surface area contributed by atoms with Crippen molar-refractivity contribution in [2.24, 2.45) is 11.7 Å². The molecule has 0 bridgehead atoms. The van der Waals surface area contributed by atoms with Crippen molar-refractivity contribution in [3.8, 4) is 5.75 Å². The fourth-order valence-electron chi connectivity index (χ4n) is 2.58. The summed E-state index contributed by atoms with van der Waals surface area (Å²) in [6, 6.07) is 4.24. The molecule has 0 saturated carbocycles. The Morgan fingerprint density at radius 2 is 2.21 bits per heavy atom. The fraction of sp³-hybridized carbons (Fsp3) is 0.667. The van der Waals surface area contributed by atoms with Crippen LogP contribution in [0.25, 0.3) is 0 Å². The average molecular weight is 263 g/mol. The Morgan fingerprint density at radius 3 is 2.84 bits per heavy atom. The Labute approximate surface area is 116 Å². The van der Waals surface area contributed by atoms with Crippen LogP contribution in [-0.4, -0.2) is 30.7 Å². The van der Waals surface area contributed by atoms with Gasteiger partial charge in [0, 0.05) is 25.3 Å². The zero-order valence-corrected chi connectivity index (χ0v) is 12.0. The van der Waals surface area contributed by atoms with E-state index in [9.17, 15) is 0 Å². The van der Waals surface area contributed by atoms with Gasteiger partial charge in [0.25, 0.3) is 0 Å². The lowest BCUT2D eigenvalue weighted by atomic mass is 9.91. The van der Waals surface area contributed by atoms with Gasteiger partial charge in [-0.2, -0.15) is 0 Å². The first-order valence-electron chi connectivity index (χ1n) is 7.30. The molecular formula is C15H25N3O. The highest BCUT2D eigenvalue weighted by molar-refractivity contribution is 5.52. The molecule has 2 heterocycles. The van der Waals surface area contributed by atoms with E-state index < -0.39 is 0 Å². The molecule has 1 aliphatic rings. The van der Waals surface area contributed by atoms with E-state index in [4.69, 9.17) is 10.5 Å². The molecule has 106 valence electrons. The second-order valence-electron chi connectivity index (χ2n) is 5.36. The third-order valence-electron chi connectivity index (χ3n) is 3.80. The summed E-state index contributed by atoms with van der Waals surface area (Å²) in [6.07, 6.45) is 5.13. The molecule has 1 aromatic rings. The number of hydrogen-bond acceptors (Lipinski definition) is 4. The SMILES string of the molecule is CCCOc1cccnc1N1CCC(C(C)N)CC1. The van der Waals surface area contributed by atoms with Gasteiger partial charge in [0.1, 0.15) is 0 Å². The number of piperidine rings is 1. The van der Waals surface area contributed by atoms with Crippen LogP contribution < -0.4 is 15.4 Å². The Morgan fingerprint density at radius 1 is 1.47 bits per heavy atom. The van der Waals surface area contributed by atoms with Gasteiger partial charge in [-0.15, -0.1) is 0 Å². The van der Waals surface area contributed by atoms with E-state index in [1.807, 2.05) is 18.3 Å². The maximum absolute atomic E-state index is 5.99. The van der Waals surface area contributed by atoms with E-state index in [0.717, 1.165) is 50.5 Å². The molecule has 0 amide bonds. The van der Waals surface area contributed by atoms with Crippen molar-refractivity contribution in [1.29, 1.82) is 0 Å². The monoisotopic (exact) mass is 263 g/mol. The lowest BCUT2D eigenvalue weighted by Crippen LogP contribution is -2.40. The van der Waals surface area contributed by atoms with Crippen LogP contribution in [0.15, 0.2) is 18.3 Å². The molecule has 1 fully saturated rings. The van der Waals surface area contributed by atoms with Crippen LogP contribution in [0.5, 0.6) is 5.75 Å². The first-order chi connectivity index (χ1) is 9.22. The van der Waals surface area contributed by atoms with Crippen LogP contribution in [0.3, 0.4) is 0 Å². The highest BCUT2D eigenvalue weighted by Gasteiger charge is 2.24. The van der Waals surface area contributed by atoms with Crippen LogP contribution in [0, 0.1) is 5.92 Å². The molecule has 0 spiro atoms. The Kier molecular flexibility index (Phi) is 5.02. The Balaban J connectivity index is 2.02. The third-order valence-corrected chi connectivity index (χ3v) is 3.80. The predicted molar refractivity (Wildman–Crippen MR) is 78.6 cm³/mol. The summed E-state index contributed by atoms with van der Waals surface area (Å²) in [5.41, 5.74) is 5.99. The second kappa shape index (κ2) is 6.75. The van der Waals surface area contributed by atoms with Gasteiger partial charge >= 0.3 is 0 Å². The van der Waals surface area contributed by atoms with Crippen molar-refractivity contribution in [2.45, 2.75) is 39.2 Å². The smallest absolute Gasteiger partial charge is 0.171 e. The summed E-state index contributed by atoms with van der Waals surface area (Å²) in [5.74, 6) is 2.53. The summed E-state index contributed by atoms with van der Waals surface area (Å²) in [7, 11) is 0. The minimum atomic E-state index is 0.293. The third kappa shape index (κ3) is 3.60. The first-order valence-corrected chi connectivity index (χ1v) is 7.30. The molecule has 1 atom stereocenters. The Hall–Kier alpha value is -1.29. The molecule has 4 nitrogen and oxygen atoms in total. The van der Waals surface area contributed by atoms with Gasteiger partial charge in [0.05, 0.1) is 6.61 Å². The van der Waals surface area contributed by atoms with Crippen LogP contribution in [-0.2, 0) is 0 Å². The first kappa shape index (κ1) is 14.1. The van der Waals surface area contributed by atoms with E-state index in [-0.39, 0.29) is 0 Å². The number of aromatic nitrogens is 1. The molecule has 0 radical (unpaired) electrons. The minimum absolute atomic E-state index is 0.293. The summed E-state index contributed by atoms with van der Waals surface area (Å²) in [4.78, 5) is 6.82. The van der Waals surface area contributed by atoms with Crippen LogP contribution >= 0.6 is 0 Å². The molecule has 0 aromatic carbocycles. The van der Waals surface area contributed by atoms with Crippen molar-refractivity contribution >= 4 is 5.82 Å². The van der Waals surface area contributed by atoms with Crippen molar-refractivity contribution in [3.63, 3.8) is 0 Å². The van der Waals surface area contributed by atoms with Gasteiger partial charge in [-0.3, -0.25) is 0 Å². The van der Waals surface area contributed by atoms with Gasteiger partial charge in [-0.25, -0.2) is 4.98 Å². The maximum Gasteiger partial charge on any atom is 0.171 e. The number of anilines is 1. The largest absolute Gasteiger partial charge is 0.490 e. The zero-order valence-electron chi connectivity index (χ0n) is 12.0. The number of pyridine rings is 1. The molecule has 2 rings (SSSR count). The number of rotatable bonds is 5. The van der Waals surface area contributed by atoms with Gasteiger partial charge in [-0.1, -0.05) is 6.92 Å². The normalized spacial score (nSPS) is 18.4. The zero-order chi connectivity index (χ0) is 13.7. The maximum atomic E-state index is 5.99. The van der Waals surface area contributed by atoms with E-state index >= 15 is 0 Å². The average Bonchev–Trinajstić information content (AvgIpc) is 2.45. The molecule has 1 aromatic heterocycles. The lowest BCUT2D eigenvalue weighted by Gasteiger charge is -2.35. The molecule has 1 saturated heterocycles. The summed E-state index contributed by atoms with van der Waals surface area (Å²) in [5, 5.41) is 0. The van der Waals surface area contributed by atoms with Gasteiger partial charge < -0.3 is 15.4 Å². The Bertz CT molecular complexity index is 387. The van der Waals surface area contributed by atoms with Crippen molar-refractivity contribution in [2.75, 3.05) is 24.6 Å². The minimum Gasteiger partial charge on any atom is -0.490 e. The van der Waals surface area contributed by atoms with Crippen LogP contribution in [0.4, 0.5) is 5.82 Å². The van der Waals surface area contributed by atoms with Crippen molar-refractivity contribution in [1.82, 2.24) is 4.98 Å². The topological polar surface area (TPSA) is 51.4 Å². The number of hydrogen-bond donors (Lipinski definition) is 1. The molecular weight excluding hydrogens is 238 g/mol. The van der Waals surface area contributed by atoms with E-state index in [2.05, 4.69) is 23.7 Å². The quantitative estimate of drug-likeness (QED) is 0.886. The molecule has 19 heavy (non-hydrogen) atoms. The van der Waals surface area contributed by atoms with Crippen molar-refractivity contribution in [3.05, 3.63) is 18.3 Å². The standard InChI is InChI=1S/C15H25N3O/c1-3-11-19-14-5-4-8-17-15(14)18-9-6-13(7-10-18)12(2)16/h4-5,8,12-13H,3,6-7,9-11,16H2,1-2H3. The molecule has 2 N–H and O–H groups in total.